The first-order chi connectivity index (χ1) is 9.35. The van der Waals surface area contributed by atoms with Crippen LogP contribution in [0, 0.1) is 5.92 Å². The number of hydrogen-bond acceptors (Lipinski definition) is 4. The molecular formula is C15H23NO4. The van der Waals surface area contributed by atoms with Gasteiger partial charge in [0.25, 0.3) is 0 Å². The Morgan fingerprint density at radius 1 is 1.30 bits per heavy atom. The van der Waals surface area contributed by atoms with Gasteiger partial charge in [-0.25, -0.2) is 4.79 Å². The van der Waals surface area contributed by atoms with E-state index in [0.29, 0.717) is 29.5 Å². The second-order valence-electron chi connectivity index (χ2n) is 5.27. The van der Waals surface area contributed by atoms with Gasteiger partial charge in [-0.2, -0.15) is 0 Å². The maximum absolute atomic E-state index is 11.7. The molecule has 1 unspecified atom stereocenters. The van der Waals surface area contributed by atoms with Gasteiger partial charge in [0.15, 0.2) is 11.5 Å². The molecule has 5 heteroatoms. The Hall–Kier alpha value is -1.75. The van der Waals surface area contributed by atoms with E-state index in [2.05, 4.69) is 5.32 Å². The van der Waals surface area contributed by atoms with E-state index in [4.69, 9.17) is 9.47 Å². The van der Waals surface area contributed by atoms with Crippen LogP contribution >= 0.6 is 0 Å². The van der Waals surface area contributed by atoms with Crippen LogP contribution in [-0.4, -0.2) is 31.8 Å². The van der Waals surface area contributed by atoms with Gasteiger partial charge in [-0.15, -0.1) is 0 Å². The van der Waals surface area contributed by atoms with Gasteiger partial charge in [-0.05, 0) is 37.1 Å². The first kappa shape index (κ1) is 16.3. The Balaban J connectivity index is 3.18. The van der Waals surface area contributed by atoms with Gasteiger partial charge in [-0.1, -0.05) is 19.9 Å². The molecular weight excluding hydrogens is 258 g/mol. The van der Waals surface area contributed by atoms with Crippen molar-refractivity contribution < 1.29 is 19.4 Å². The van der Waals surface area contributed by atoms with Crippen molar-refractivity contribution in [3.63, 3.8) is 0 Å². The van der Waals surface area contributed by atoms with Gasteiger partial charge in [0, 0.05) is 0 Å². The fourth-order valence-electron chi connectivity index (χ4n) is 1.86. The highest BCUT2D eigenvalue weighted by Crippen LogP contribution is 2.32. The smallest absolute Gasteiger partial charge is 0.328 e. The van der Waals surface area contributed by atoms with E-state index >= 15 is 0 Å². The number of carboxylic acids is 1. The molecule has 1 rings (SSSR count). The van der Waals surface area contributed by atoms with Gasteiger partial charge >= 0.3 is 5.97 Å². The summed E-state index contributed by atoms with van der Waals surface area (Å²) in [4.78, 5) is 11.7. The molecule has 0 aliphatic carbocycles. The molecule has 0 aromatic heterocycles. The molecule has 0 spiro atoms. The lowest BCUT2D eigenvalue weighted by molar-refractivity contribution is -0.144. The zero-order chi connectivity index (χ0) is 15.3. The molecule has 1 aromatic rings. The molecule has 0 aliphatic rings. The number of nitrogens with one attached hydrogen (secondary N) is 1. The Morgan fingerprint density at radius 2 is 1.90 bits per heavy atom. The Bertz CT molecular complexity index is 473. The van der Waals surface area contributed by atoms with Crippen molar-refractivity contribution >= 4 is 5.97 Å². The maximum atomic E-state index is 11.7. The van der Waals surface area contributed by atoms with Crippen molar-refractivity contribution in [2.75, 3.05) is 20.8 Å². The summed E-state index contributed by atoms with van der Waals surface area (Å²) >= 11 is 0. The lowest BCUT2D eigenvalue weighted by Gasteiger charge is -2.28. The Morgan fingerprint density at radius 3 is 2.35 bits per heavy atom. The molecule has 1 aromatic carbocycles. The molecule has 0 saturated carbocycles. The second kappa shape index (κ2) is 6.61. The molecule has 112 valence electrons. The molecule has 5 nitrogen and oxygen atoms in total. The summed E-state index contributed by atoms with van der Waals surface area (Å²) in [6.07, 6.45) is 0. The van der Waals surface area contributed by atoms with Crippen molar-refractivity contribution in [3.8, 4) is 11.5 Å². The lowest BCUT2D eigenvalue weighted by Crippen LogP contribution is -2.48. The molecule has 1 atom stereocenters. The van der Waals surface area contributed by atoms with Crippen molar-refractivity contribution in [2.45, 2.75) is 26.3 Å². The van der Waals surface area contributed by atoms with Gasteiger partial charge in [0.1, 0.15) is 5.54 Å². The maximum Gasteiger partial charge on any atom is 0.328 e. The number of benzene rings is 1. The topological polar surface area (TPSA) is 67.8 Å². The van der Waals surface area contributed by atoms with Crippen LogP contribution in [0.3, 0.4) is 0 Å². The van der Waals surface area contributed by atoms with Gasteiger partial charge < -0.3 is 14.6 Å². The molecule has 0 radical (unpaired) electrons. The van der Waals surface area contributed by atoms with Crippen molar-refractivity contribution in [1.82, 2.24) is 5.32 Å². The molecule has 0 heterocycles. The van der Waals surface area contributed by atoms with E-state index in [1.54, 1.807) is 32.2 Å². The van der Waals surface area contributed by atoms with Crippen LogP contribution in [0.15, 0.2) is 18.2 Å². The van der Waals surface area contributed by atoms with Crippen LogP contribution in [-0.2, 0) is 10.3 Å². The van der Waals surface area contributed by atoms with Crippen LogP contribution in [0.2, 0.25) is 0 Å². The van der Waals surface area contributed by atoms with Gasteiger partial charge in [0.05, 0.1) is 14.2 Å². The summed E-state index contributed by atoms with van der Waals surface area (Å²) in [6.45, 7) is 6.32. The predicted octanol–water partition coefficient (Wildman–Crippen LogP) is 2.25. The highest BCUT2D eigenvalue weighted by atomic mass is 16.5. The first-order valence-electron chi connectivity index (χ1n) is 6.56. The number of carbonyl (C=O) groups is 1. The van der Waals surface area contributed by atoms with Crippen molar-refractivity contribution in [2.24, 2.45) is 5.92 Å². The van der Waals surface area contributed by atoms with E-state index < -0.39 is 11.5 Å². The summed E-state index contributed by atoms with van der Waals surface area (Å²) in [5.74, 6) is 0.524. The molecule has 2 N–H and O–H groups in total. The quantitative estimate of drug-likeness (QED) is 0.802. The summed E-state index contributed by atoms with van der Waals surface area (Å²) in [7, 11) is 3.08. The van der Waals surface area contributed by atoms with Crippen LogP contribution in [0.5, 0.6) is 11.5 Å². The van der Waals surface area contributed by atoms with E-state index in [1.165, 1.54) is 7.11 Å². The number of ether oxygens (including phenoxy) is 2. The van der Waals surface area contributed by atoms with Crippen LogP contribution in [0.4, 0.5) is 0 Å². The number of aliphatic carboxylic acids is 1. The monoisotopic (exact) mass is 281 g/mol. The normalized spacial score (nSPS) is 13.9. The minimum Gasteiger partial charge on any atom is -0.493 e. The van der Waals surface area contributed by atoms with Gasteiger partial charge in [-0.3, -0.25) is 5.32 Å². The zero-order valence-corrected chi connectivity index (χ0v) is 12.7. The molecule has 0 fully saturated rings. The third-order valence-electron chi connectivity index (χ3n) is 3.25. The van der Waals surface area contributed by atoms with E-state index in [-0.39, 0.29) is 0 Å². The van der Waals surface area contributed by atoms with E-state index in [0.717, 1.165) is 0 Å². The molecule has 0 amide bonds. The third-order valence-corrected chi connectivity index (χ3v) is 3.25. The fraction of sp³-hybridized carbons (Fsp3) is 0.533. The molecule has 0 bridgehead atoms. The summed E-state index contributed by atoms with van der Waals surface area (Å²) < 4.78 is 10.4. The number of methoxy groups -OCH3 is 2. The Kier molecular flexibility index (Phi) is 5.39. The Labute approximate surface area is 119 Å². The summed E-state index contributed by atoms with van der Waals surface area (Å²) in [6, 6.07) is 5.15. The highest BCUT2D eigenvalue weighted by molar-refractivity contribution is 5.80. The van der Waals surface area contributed by atoms with Crippen molar-refractivity contribution in [1.29, 1.82) is 0 Å². The minimum absolute atomic E-state index is 0.355. The second-order valence-corrected chi connectivity index (χ2v) is 5.27. The summed E-state index contributed by atoms with van der Waals surface area (Å²) in [5, 5.41) is 12.7. The highest BCUT2D eigenvalue weighted by Gasteiger charge is 2.35. The minimum atomic E-state index is -1.16. The van der Waals surface area contributed by atoms with Crippen LogP contribution in [0.1, 0.15) is 26.3 Å². The lowest BCUT2D eigenvalue weighted by atomic mass is 9.91. The van der Waals surface area contributed by atoms with Crippen LogP contribution in [0.25, 0.3) is 0 Å². The average Bonchev–Trinajstić information content (AvgIpc) is 2.43. The number of carboxylic acid groups (broad SMARTS) is 1. The molecule has 20 heavy (non-hydrogen) atoms. The van der Waals surface area contributed by atoms with Crippen molar-refractivity contribution in [3.05, 3.63) is 23.8 Å². The van der Waals surface area contributed by atoms with E-state index in [1.807, 2.05) is 13.8 Å². The summed E-state index contributed by atoms with van der Waals surface area (Å²) in [5.41, 5.74) is -0.535. The fourth-order valence-corrected chi connectivity index (χ4v) is 1.86. The van der Waals surface area contributed by atoms with E-state index in [9.17, 15) is 9.90 Å². The average molecular weight is 281 g/mol. The first-order valence-corrected chi connectivity index (χ1v) is 6.56. The van der Waals surface area contributed by atoms with Gasteiger partial charge in [0.2, 0.25) is 0 Å². The SMILES string of the molecule is COc1ccc(C(C)(NCC(C)C)C(=O)O)cc1OC. The molecule has 0 saturated heterocycles. The standard InChI is InChI=1S/C15H23NO4/c1-10(2)9-16-15(3,14(17)18)11-6-7-12(19-4)13(8-11)20-5/h6-8,10,16H,9H2,1-5H3,(H,17,18). The predicted molar refractivity (Wildman–Crippen MR) is 77.4 cm³/mol. The van der Waals surface area contributed by atoms with Crippen LogP contribution < -0.4 is 14.8 Å². The molecule has 0 aliphatic heterocycles. The number of rotatable bonds is 7. The third kappa shape index (κ3) is 3.42. The zero-order valence-electron chi connectivity index (χ0n) is 12.7. The number of hydrogen-bond donors (Lipinski definition) is 2. The largest absolute Gasteiger partial charge is 0.493 e.